The molecule has 1 saturated heterocycles. The van der Waals surface area contributed by atoms with Crippen molar-refractivity contribution < 1.29 is 9.18 Å². The molecule has 1 N–H and O–H groups in total. The number of piperazine rings is 1. The zero-order chi connectivity index (χ0) is 15.5. The Hall–Kier alpha value is -2.14. The van der Waals surface area contributed by atoms with E-state index in [-0.39, 0.29) is 17.8 Å². The van der Waals surface area contributed by atoms with Crippen LogP contribution in [0, 0.1) is 5.82 Å². The standard InChI is InChI=1S/C17H20FN3O/c1-13-11-20(12-14-4-6-15(18)7-5-14)9-10-21(13)17(22)16-3-2-8-19-16/h2-8,13,19H,9-12H2,1H3/t13-/m0/s1. The maximum atomic E-state index is 12.9. The Morgan fingerprint density at radius 2 is 2.05 bits per heavy atom. The molecule has 0 spiro atoms. The highest BCUT2D eigenvalue weighted by molar-refractivity contribution is 5.92. The number of hydrogen-bond donors (Lipinski definition) is 1. The summed E-state index contributed by atoms with van der Waals surface area (Å²) in [6.45, 7) is 5.21. The van der Waals surface area contributed by atoms with Crippen LogP contribution in [0.4, 0.5) is 4.39 Å². The number of carbonyl (C=O) groups excluding carboxylic acids is 1. The third-order valence-corrected chi connectivity index (χ3v) is 4.12. The van der Waals surface area contributed by atoms with Gasteiger partial charge in [-0.2, -0.15) is 0 Å². The fourth-order valence-electron chi connectivity index (χ4n) is 2.94. The first-order valence-electron chi connectivity index (χ1n) is 7.54. The molecule has 2 aromatic rings. The van der Waals surface area contributed by atoms with E-state index in [9.17, 15) is 9.18 Å². The highest BCUT2D eigenvalue weighted by Gasteiger charge is 2.28. The number of benzene rings is 1. The average molecular weight is 301 g/mol. The van der Waals surface area contributed by atoms with Crippen LogP contribution in [-0.4, -0.2) is 46.4 Å². The molecule has 1 fully saturated rings. The topological polar surface area (TPSA) is 39.3 Å². The summed E-state index contributed by atoms with van der Waals surface area (Å²) in [7, 11) is 0. The van der Waals surface area contributed by atoms with Crippen LogP contribution in [0.3, 0.4) is 0 Å². The first kappa shape index (κ1) is 14.8. The second kappa shape index (κ2) is 6.32. The molecule has 0 unspecified atom stereocenters. The van der Waals surface area contributed by atoms with E-state index in [1.165, 1.54) is 12.1 Å². The number of aromatic nitrogens is 1. The van der Waals surface area contributed by atoms with E-state index in [1.807, 2.05) is 23.1 Å². The summed E-state index contributed by atoms with van der Waals surface area (Å²) >= 11 is 0. The van der Waals surface area contributed by atoms with Crippen molar-refractivity contribution in [1.82, 2.24) is 14.8 Å². The Bertz CT molecular complexity index is 624. The lowest BCUT2D eigenvalue weighted by atomic mass is 10.1. The number of rotatable bonds is 3. The van der Waals surface area contributed by atoms with Gasteiger partial charge in [-0.3, -0.25) is 9.69 Å². The SMILES string of the molecule is C[C@H]1CN(Cc2ccc(F)cc2)CCN1C(=O)c1ccc[nH]1. The zero-order valence-electron chi connectivity index (χ0n) is 12.6. The number of halogens is 1. The summed E-state index contributed by atoms with van der Waals surface area (Å²) in [4.78, 5) is 19.6. The lowest BCUT2D eigenvalue weighted by Gasteiger charge is -2.39. The van der Waals surface area contributed by atoms with Gasteiger partial charge >= 0.3 is 0 Å². The van der Waals surface area contributed by atoms with E-state index >= 15 is 0 Å². The third-order valence-electron chi connectivity index (χ3n) is 4.12. The van der Waals surface area contributed by atoms with Crippen molar-refractivity contribution in [1.29, 1.82) is 0 Å². The first-order chi connectivity index (χ1) is 10.6. The average Bonchev–Trinajstić information content (AvgIpc) is 3.03. The molecule has 4 nitrogen and oxygen atoms in total. The summed E-state index contributed by atoms with van der Waals surface area (Å²) in [5.41, 5.74) is 1.73. The van der Waals surface area contributed by atoms with Gasteiger partial charge in [-0.1, -0.05) is 12.1 Å². The Labute approximate surface area is 129 Å². The molecule has 1 aromatic carbocycles. The summed E-state index contributed by atoms with van der Waals surface area (Å²) < 4.78 is 12.9. The van der Waals surface area contributed by atoms with Crippen LogP contribution in [0.25, 0.3) is 0 Å². The highest BCUT2D eigenvalue weighted by Crippen LogP contribution is 2.15. The van der Waals surface area contributed by atoms with E-state index in [2.05, 4.69) is 16.8 Å². The summed E-state index contributed by atoms with van der Waals surface area (Å²) in [6.07, 6.45) is 1.77. The molecular formula is C17H20FN3O. The Morgan fingerprint density at radius 1 is 1.27 bits per heavy atom. The molecule has 3 rings (SSSR count). The molecule has 1 aliphatic heterocycles. The number of carbonyl (C=O) groups is 1. The van der Waals surface area contributed by atoms with Gasteiger partial charge in [0.15, 0.2) is 0 Å². The molecule has 0 saturated carbocycles. The highest BCUT2D eigenvalue weighted by atomic mass is 19.1. The van der Waals surface area contributed by atoms with Crippen molar-refractivity contribution in [2.24, 2.45) is 0 Å². The minimum atomic E-state index is -0.210. The normalized spacial score (nSPS) is 19.4. The van der Waals surface area contributed by atoms with Crippen LogP contribution >= 0.6 is 0 Å². The summed E-state index contributed by atoms with van der Waals surface area (Å²) in [5.74, 6) is -0.155. The lowest BCUT2D eigenvalue weighted by Crippen LogP contribution is -2.53. The van der Waals surface area contributed by atoms with E-state index in [1.54, 1.807) is 12.3 Å². The second-order valence-electron chi connectivity index (χ2n) is 5.79. The van der Waals surface area contributed by atoms with Gasteiger partial charge in [0, 0.05) is 38.4 Å². The van der Waals surface area contributed by atoms with Crippen LogP contribution in [0.1, 0.15) is 23.0 Å². The molecule has 0 aliphatic carbocycles. The van der Waals surface area contributed by atoms with Crippen LogP contribution in [0.15, 0.2) is 42.6 Å². The number of nitrogens with zero attached hydrogens (tertiary/aromatic N) is 2. The zero-order valence-corrected chi connectivity index (χ0v) is 12.6. The molecule has 5 heteroatoms. The van der Waals surface area contributed by atoms with Crippen LogP contribution < -0.4 is 0 Å². The van der Waals surface area contributed by atoms with Crippen molar-refractivity contribution in [3.63, 3.8) is 0 Å². The molecule has 116 valence electrons. The maximum absolute atomic E-state index is 12.9. The third kappa shape index (κ3) is 3.20. The molecule has 1 atom stereocenters. The van der Waals surface area contributed by atoms with Crippen LogP contribution in [0.2, 0.25) is 0 Å². The van der Waals surface area contributed by atoms with Crippen molar-refractivity contribution >= 4 is 5.91 Å². The van der Waals surface area contributed by atoms with E-state index < -0.39 is 0 Å². The molecule has 0 radical (unpaired) electrons. The number of aromatic amines is 1. The Morgan fingerprint density at radius 3 is 2.68 bits per heavy atom. The van der Waals surface area contributed by atoms with Gasteiger partial charge in [-0.15, -0.1) is 0 Å². The smallest absolute Gasteiger partial charge is 0.270 e. The van der Waals surface area contributed by atoms with Crippen LogP contribution in [0.5, 0.6) is 0 Å². The fourth-order valence-corrected chi connectivity index (χ4v) is 2.94. The monoisotopic (exact) mass is 301 g/mol. The molecule has 1 amide bonds. The maximum Gasteiger partial charge on any atom is 0.270 e. The number of amides is 1. The Kier molecular flexibility index (Phi) is 4.24. The van der Waals surface area contributed by atoms with Gasteiger partial charge in [0.25, 0.3) is 5.91 Å². The van der Waals surface area contributed by atoms with Gasteiger partial charge in [-0.25, -0.2) is 4.39 Å². The van der Waals surface area contributed by atoms with Gasteiger partial charge in [-0.05, 0) is 36.8 Å². The summed E-state index contributed by atoms with van der Waals surface area (Å²) in [6, 6.07) is 10.4. The Balaban J connectivity index is 1.60. The molecule has 0 bridgehead atoms. The molecule has 22 heavy (non-hydrogen) atoms. The summed E-state index contributed by atoms with van der Waals surface area (Å²) in [5, 5.41) is 0. The number of H-pyrrole nitrogens is 1. The molecular weight excluding hydrogens is 281 g/mol. The quantitative estimate of drug-likeness (QED) is 0.946. The van der Waals surface area contributed by atoms with Gasteiger partial charge in [0.05, 0.1) is 0 Å². The lowest BCUT2D eigenvalue weighted by molar-refractivity contribution is 0.0470. The first-order valence-corrected chi connectivity index (χ1v) is 7.54. The number of nitrogens with one attached hydrogen (secondary N) is 1. The second-order valence-corrected chi connectivity index (χ2v) is 5.79. The fraction of sp³-hybridized carbons (Fsp3) is 0.353. The van der Waals surface area contributed by atoms with Crippen LogP contribution in [-0.2, 0) is 6.54 Å². The largest absolute Gasteiger partial charge is 0.357 e. The predicted molar refractivity (Wildman–Crippen MR) is 83.0 cm³/mol. The van der Waals surface area contributed by atoms with Crippen molar-refractivity contribution in [3.05, 3.63) is 59.7 Å². The van der Waals surface area contributed by atoms with Crippen molar-refractivity contribution in [2.45, 2.75) is 19.5 Å². The minimum absolute atomic E-state index is 0.0546. The number of hydrogen-bond acceptors (Lipinski definition) is 2. The minimum Gasteiger partial charge on any atom is -0.357 e. The van der Waals surface area contributed by atoms with Gasteiger partial charge < -0.3 is 9.88 Å². The van der Waals surface area contributed by atoms with Crippen molar-refractivity contribution in [2.75, 3.05) is 19.6 Å². The molecule has 2 heterocycles. The molecule has 1 aromatic heterocycles. The van der Waals surface area contributed by atoms with E-state index in [0.717, 1.165) is 25.2 Å². The van der Waals surface area contributed by atoms with E-state index in [0.29, 0.717) is 12.2 Å². The molecule has 1 aliphatic rings. The van der Waals surface area contributed by atoms with E-state index in [4.69, 9.17) is 0 Å². The van der Waals surface area contributed by atoms with Gasteiger partial charge in [0.1, 0.15) is 11.5 Å². The predicted octanol–water partition coefficient (Wildman–Crippen LogP) is 2.50. The van der Waals surface area contributed by atoms with Gasteiger partial charge in [0.2, 0.25) is 0 Å². The van der Waals surface area contributed by atoms with Crippen molar-refractivity contribution in [3.8, 4) is 0 Å².